The molecule has 3 nitrogen and oxygen atoms in total. The van der Waals surface area contributed by atoms with Gasteiger partial charge in [0.1, 0.15) is 0 Å². The van der Waals surface area contributed by atoms with Crippen LogP contribution in [0.15, 0.2) is 22.8 Å². The van der Waals surface area contributed by atoms with E-state index in [9.17, 15) is 5.11 Å². The molecule has 0 spiro atoms. The van der Waals surface area contributed by atoms with Gasteiger partial charge < -0.3 is 9.84 Å². The van der Waals surface area contributed by atoms with Crippen LogP contribution in [0.1, 0.15) is 38.3 Å². The van der Waals surface area contributed by atoms with Crippen LogP contribution in [0.2, 0.25) is 0 Å². The molecule has 19 heavy (non-hydrogen) atoms. The van der Waals surface area contributed by atoms with Crippen LogP contribution in [-0.2, 0) is 11.2 Å². The first-order valence-corrected chi connectivity index (χ1v) is 7.69. The number of aliphatic hydroxyl groups is 1. The molecule has 3 atom stereocenters. The number of halogens is 1. The second kappa shape index (κ2) is 6.33. The molecule has 1 saturated carbocycles. The van der Waals surface area contributed by atoms with Gasteiger partial charge in [0.2, 0.25) is 0 Å². The van der Waals surface area contributed by atoms with E-state index in [4.69, 9.17) is 4.74 Å². The lowest BCUT2D eigenvalue weighted by Gasteiger charge is -2.42. The van der Waals surface area contributed by atoms with E-state index in [-0.39, 0.29) is 0 Å². The van der Waals surface area contributed by atoms with Crippen LogP contribution in [-0.4, -0.2) is 28.9 Å². The van der Waals surface area contributed by atoms with Gasteiger partial charge in [0.05, 0.1) is 11.7 Å². The summed E-state index contributed by atoms with van der Waals surface area (Å²) in [6, 6.07) is 3.90. The highest BCUT2D eigenvalue weighted by Gasteiger charge is 2.41. The van der Waals surface area contributed by atoms with Gasteiger partial charge in [-0.25, -0.2) is 0 Å². The first-order chi connectivity index (χ1) is 9.05. The van der Waals surface area contributed by atoms with E-state index in [1.807, 2.05) is 12.1 Å². The predicted octanol–water partition coefficient (Wildman–Crippen LogP) is 3.34. The van der Waals surface area contributed by atoms with Gasteiger partial charge in [-0.05, 0) is 46.8 Å². The van der Waals surface area contributed by atoms with Gasteiger partial charge >= 0.3 is 0 Å². The molecule has 1 aliphatic rings. The first-order valence-electron chi connectivity index (χ1n) is 6.89. The van der Waals surface area contributed by atoms with E-state index >= 15 is 0 Å². The van der Waals surface area contributed by atoms with Crippen LogP contribution >= 0.6 is 15.9 Å². The zero-order chi connectivity index (χ0) is 13.9. The van der Waals surface area contributed by atoms with Gasteiger partial charge in [0, 0.05) is 29.9 Å². The Morgan fingerprint density at radius 2 is 2.37 bits per heavy atom. The summed E-state index contributed by atoms with van der Waals surface area (Å²) in [7, 11) is 1.72. The molecular formula is C15H22BrNO2. The van der Waals surface area contributed by atoms with E-state index < -0.39 is 11.7 Å². The second-order valence-corrected chi connectivity index (χ2v) is 6.57. The molecule has 1 aliphatic carbocycles. The van der Waals surface area contributed by atoms with Crippen molar-refractivity contribution in [2.75, 3.05) is 7.11 Å². The van der Waals surface area contributed by atoms with Crippen molar-refractivity contribution in [2.45, 2.75) is 50.7 Å². The molecule has 106 valence electrons. The number of aromatic nitrogens is 1. The number of ether oxygens (including phenoxy) is 1. The van der Waals surface area contributed by atoms with E-state index in [1.165, 1.54) is 6.42 Å². The Balaban J connectivity index is 2.08. The van der Waals surface area contributed by atoms with Crippen molar-refractivity contribution in [3.05, 3.63) is 28.5 Å². The summed E-state index contributed by atoms with van der Waals surface area (Å²) in [5.41, 5.74) is 0.511. The fourth-order valence-electron chi connectivity index (χ4n) is 3.08. The lowest BCUT2D eigenvalue weighted by Crippen LogP contribution is -2.48. The maximum absolute atomic E-state index is 10.6. The van der Waals surface area contributed by atoms with Crippen LogP contribution < -0.4 is 0 Å². The zero-order valence-corrected chi connectivity index (χ0v) is 13.2. The highest BCUT2D eigenvalue weighted by atomic mass is 79.9. The van der Waals surface area contributed by atoms with Gasteiger partial charge in [0.25, 0.3) is 0 Å². The molecule has 0 aromatic carbocycles. The molecule has 0 bridgehead atoms. The van der Waals surface area contributed by atoms with Crippen molar-refractivity contribution in [3.8, 4) is 0 Å². The van der Waals surface area contributed by atoms with Gasteiger partial charge in [0.15, 0.2) is 0 Å². The molecule has 1 heterocycles. The zero-order valence-electron chi connectivity index (χ0n) is 11.6. The molecule has 2 rings (SSSR count). The minimum Gasteiger partial charge on any atom is -0.390 e. The third-order valence-corrected chi connectivity index (χ3v) is 4.66. The van der Waals surface area contributed by atoms with Crippen molar-refractivity contribution in [2.24, 2.45) is 5.92 Å². The third-order valence-electron chi connectivity index (χ3n) is 4.20. The summed E-state index contributed by atoms with van der Waals surface area (Å²) >= 11 is 3.37. The molecule has 0 aliphatic heterocycles. The normalized spacial score (nSPS) is 29.2. The average molecular weight is 328 g/mol. The topological polar surface area (TPSA) is 42.4 Å². The number of pyridine rings is 1. The second-order valence-electron chi connectivity index (χ2n) is 5.66. The van der Waals surface area contributed by atoms with Crippen molar-refractivity contribution in [3.63, 3.8) is 0 Å². The number of hydrogen-bond acceptors (Lipinski definition) is 3. The average Bonchev–Trinajstić information content (AvgIpc) is 2.41. The number of rotatable bonds is 4. The van der Waals surface area contributed by atoms with Crippen molar-refractivity contribution in [1.82, 2.24) is 4.98 Å². The van der Waals surface area contributed by atoms with Gasteiger partial charge in [-0.2, -0.15) is 0 Å². The van der Waals surface area contributed by atoms with Crippen LogP contribution in [0.4, 0.5) is 0 Å². The monoisotopic (exact) mass is 327 g/mol. The summed E-state index contributed by atoms with van der Waals surface area (Å²) in [5.74, 6) is 0.612. The van der Waals surface area contributed by atoms with Crippen LogP contribution in [0, 0.1) is 5.92 Å². The lowest BCUT2D eigenvalue weighted by atomic mass is 9.74. The Bertz CT molecular complexity index is 409. The number of hydrogen-bond donors (Lipinski definition) is 1. The SMILES string of the molecule is COC1(C(O)Cc2ccc(Br)cn2)CCCC(C)C1. The van der Waals surface area contributed by atoms with Crippen LogP contribution in [0.3, 0.4) is 0 Å². The van der Waals surface area contributed by atoms with E-state index in [0.29, 0.717) is 12.3 Å². The third kappa shape index (κ3) is 3.56. The molecule has 1 aromatic heterocycles. The summed E-state index contributed by atoms with van der Waals surface area (Å²) < 4.78 is 6.68. The van der Waals surface area contributed by atoms with Crippen LogP contribution in [0.25, 0.3) is 0 Å². The Labute approximate surface area is 123 Å². The van der Waals surface area contributed by atoms with Crippen molar-refractivity contribution in [1.29, 1.82) is 0 Å². The van der Waals surface area contributed by atoms with Gasteiger partial charge in [-0.15, -0.1) is 0 Å². The molecule has 1 fully saturated rings. The Kier molecular flexibility index (Phi) is 4.98. The molecule has 4 heteroatoms. The van der Waals surface area contributed by atoms with E-state index in [0.717, 1.165) is 29.4 Å². The molecule has 0 amide bonds. The molecule has 0 saturated heterocycles. The maximum Gasteiger partial charge on any atom is 0.0942 e. The predicted molar refractivity (Wildman–Crippen MR) is 79.0 cm³/mol. The fraction of sp³-hybridized carbons (Fsp3) is 0.667. The highest BCUT2D eigenvalue weighted by molar-refractivity contribution is 9.10. The molecule has 1 N–H and O–H groups in total. The maximum atomic E-state index is 10.6. The smallest absolute Gasteiger partial charge is 0.0942 e. The minimum absolute atomic E-state index is 0.396. The Hall–Kier alpha value is -0.450. The van der Waals surface area contributed by atoms with Gasteiger partial charge in [-0.1, -0.05) is 19.8 Å². The quantitative estimate of drug-likeness (QED) is 0.922. The standard InChI is InChI=1S/C15H22BrNO2/c1-11-4-3-7-15(9-11,19-2)14(18)8-13-6-5-12(16)10-17-13/h5-6,10-11,14,18H,3-4,7-9H2,1-2H3. The minimum atomic E-state index is -0.492. The van der Waals surface area contributed by atoms with Crippen molar-refractivity contribution >= 4 is 15.9 Å². The summed E-state index contributed by atoms with van der Waals surface area (Å²) in [5, 5.41) is 10.6. The number of aliphatic hydroxyl groups excluding tert-OH is 1. The number of methoxy groups -OCH3 is 1. The Morgan fingerprint density at radius 3 is 2.95 bits per heavy atom. The lowest BCUT2D eigenvalue weighted by molar-refractivity contribution is -0.131. The molecule has 1 aromatic rings. The molecule has 0 radical (unpaired) electrons. The first kappa shape index (κ1) is 14.9. The summed E-state index contributed by atoms with van der Waals surface area (Å²) in [6.07, 6.45) is 6.05. The summed E-state index contributed by atoms with van der Waals surface area (Å²) in [4.78, 5) is 4.34. The van der Waals surface area contributed by atoms with Gasteiger partial charge in [-0.3, -0.25) is 4.98 Å². The highest BCUT2D eigenvalue weighted by Crippen LogP contribution is 2.38. The fourth-order valence-corrected chi connectivity index (χ4v) is 3.31. The van der Waals surface area contributed by atoms with Crippen molar-refractivity contribution < 1.29 is 9.84 Å². The van der Waals surface area contributed by atoms with Crippen LogP contribution in [0.5, 0.6) is 0 Å². The Morgan fingerprint density at radius 1 is 1.58 bits per heavy atom. The molecular weight excluding hydrogens is 306 g/mol. The van der Waals surface area contributed by atoms with E-state index in [2.05, 4.69) is 27.8 Å². The largest absolute Gasteiger partial charge is 0.390 e. The molecule has 3 unspecified atom stereocenters. The summed E-state index contributed by atoms with van der Waals surface area (Å²) in [6.45, 7) is 2.23. The van der Waals surface area contributed by atoms with E-state index in [1.54, 1.807) is 13.3 Å². The number of nitrogens with zero attached hydrogens (tertiary/aromatic N) is 1.